The fourth-order valence-electron chi connectivity index (χ4n) is 1.01. The maximum atomic E-state index is 10.6. The molecule has 0 aliphatic carbocycles. The summed E-state index contributed by atoms with van der Waals surface area (Å²) in [4.78, 5) is 10.6. The van der Waals surface area contributed by atoms with Gasteiger partial charge in [0.2, 0.25) is 0 Å². The minimum absolute atomic E-state index is 0.0929. The molecule has 3 nitrogen and oxygen atoms in total. The van der Waals surface area contributed by atoms with Crippen molar-refractivity contribution in [1.82, 2.24) is 0 Å². The first-order valence-corrected chi connectivity index (χ1v) is 3.86. The van der Waals surface area contributed by atoms with Crippen molar-refractivity contribution in [2.24, 2.45) is 5.73 Å². The van der Waals surface area contributed by atoms with Crippen LogP contribution in [0, 0.1) is 0 Å². The highest BCUT2D eigenvalue weighted by Gasteiger charge is 2.06. The monoisotopic (exact) mass is 177 g/mol. The molecule has 0 saturated carbocycles. The zero-order valence-electron chi connectivity index (χ0n) is 7.16. The minimum Gasteiger partial charge on any atom is -0.478 e. The molecule has 0 aliphatic heterocycles. The van der Waals surface area contributed by atoms with E-state index in [1.807, 2.05) is 6.07 Å². The van der Waals surface area contributed by atoms with Crippen molar-refractivity contribution in [3.63, 3.8) is 0 Å². The Kier molecular flexibility index (Phi) is 2.82. The highest BCUT2D eigenvalue weighted by atomic mass is 16.4. The molecule has 0 aromatic heterocycles. The average molecular weight is 177 g/mol. The van der Waals surface area contributed by atoms with Crippen LogP contribution in [0.4, 0.5) is 0 Å². The number of rotatable bonds is 3. The number of carbonyl (C=O) groups is 1. The van der Waals surface area contributed by atoms with Crippen molar-refractivity contribution in [3.8, 4) is 0 Å². The van der Waals surface area contributed by atoms with E-state index in [1.54, 1.807) is 18.2 Å². The third-order valence-electron chi connectivity index (χ3n) is 1.77. The van der Waals surface area contributed by atoms with Crippen LogP contribution in [0.5, 0.6) is 0 Å². The molecule has 0 atom stereocenters. The van der Waals surface area contributed by atoms with E-state index < -0.39 is 5.97 Å². The van der Waals surface area contributed by atoms with Crippen LogP contribution in [0.25, 0.3) is 5.57 Å². The Morgan fingerprint density at radius 3 is 2.77 bits per heavy atom. The topological polar surface area (TPSA) is 63.3 Å². The average Bonchev–Trinajstić information content (AvgIpc) is 2.16. The van der Waals surface area contributed by atoms with Gasteiger partial charge < -0.3 is 10.8 Å². The second-order valence-corrected chi connectivity index (χ2v) is 2.69. The maximum Gasteiger partial charge on any atom is 0.335 e. The Bertz CT molecular complexity index is 345. The molecule has 0 unspecified atom stereocenters. The van der Waals surface area contributed by atoms with Crippen molar-refractivity contribution in [2.75, 3.05) is 0 Å². The number of carboxylic acid groups (broad SMARTS) is 1. The molecule has 0 radical (unpaired) electrons. The molecule has 0 amide bonds. The Morgan fingerprint density at radius 2 is 2.23 bits per heavy atom. The number of hydrogen-bond acceptors (Lipinski definition) is 2. The number of carboxylic acids is 1. The molecular formula is C10H11NO2. The first kappa shape index (κ1) is 9.48. The van der Waals surface area contributed by atoms with Crippen LogP contribution >= 0.6 is 0 Å². The maximum absolute atomic E-state index is 10.6. The van der Waals surface area contributed by atoms with E-state index >= 15 is 0 Å². The van der Waals surface area contributed by atoms with Gasteiger partial charge in [-0.2, -0.15) is 0 Å². The molecule has 3 heteroatoms. The predicted octanol–water partition coefficient (Wildman–Crippen LogP) is 1.24. The molecule has 0 spiro atoms. The Balaban J connectivity index is 3.02. The van der Waals surface area contributed by atoms with Gasteiger partial charge in [-0.05, 0) is 17.2 Å². The summed E-state index contributed by atoms with van der Waals surface area (Å²) in [7, 11) is 0. The third kappa shape index (κ3) is 2.16. The largest absolute Gasteiger partial charge is 0.478 e. The number of hydrogen-bond donors (Lipinski definition) is 2. The highest BCUT2D eigenvalue weighted by Crippen LogP contribution is 2.13. The van der Waals surface area contributed by atoms with Gasteiger partial charge in [0.1, 0.15) is 0 Å². The molecule has 0 fully saturated rings. The molecule has 3 N–H and O–H groups in total. The predicted molar refractivity (Wildman–Crippen MR) is 51.0 cm³/mol. The van der Waals surface area contributed by atoms with E-state index in [2.05, 4.69) is 6.58 Å². The molecule has 1 aromatic carbocycles. The van der Waals surface area contributed by atoms with E-state index in [0.29, 0.717) is 12.1 Å². The molecule has 0 saturated heterocycles. The molecule has 0 bridgehead atoms. The summed E-state index contributed by atoms with van der Waals surface area (Å²) < 4.78 is 0. The molecule has 13 heavy (non-hydrogen) atoms. The lowest BCUT2D eigenvalue weighted by molar-refractivity contribution is -0.130. The standard InChI is InChI=1S/C10H11NO2/c1-7(10(12)13)9-4-2-3-8(5-9)6-11/h2-5H,1,6,11H2,(H,12,13). The Labute approximate surface area is 76.5 Å². The van der Waals surface area contributed by atoms with Gasteiger partial charge >= 0.3 is 5.97 Å². The van der Waals surface area contributed by atoms with Gasteiger partial charge in [-0.15, -0.1) is 0 Å². The second-order valence-electron chi connectivity index (χ2n) is 2.69. The quantitative estimate of drug-likeness (QED) is 0.683. The number of aliphatic carboxylic acids is 1. The summed E-state index contributed by atoms with van der Waals surface area (Å²) in [5.74, 6) is -1.01. The van der Waals surface area contributed by atoms with Crippen molar-refractivity contribution in [3.05, 3.63) is 42.0 Å². The van der Waals surface area contributed by atoms with Crippen LogP contribution in [0.15, 0.2) is 30.8 Å². The first-order chi connectivity index (χ1) is 6.15. The lowest BCUT2D eigenvalue weighted by Crippen LogP contribution is -2.00. The lowest BCUT2D eigenvalue weighted by Gasteiger charge is -2.02. The van der Waals surface area contributed by atoms with Crippen molar-refractivity contribution in [2.45, 2.75) is 6.54 Å². The van der Waals surface area contributed by atoms with E-state index in [9.17, 15) is 4.79 Å². The van der Waals surface area contributed by atoms with Gasteiger partial charge in [0, 0.05) is 6.54 Å². The lowest BCUT2D eigenvalue weighted by atomic mass is 10.0. The van der Waals surface area contributed by atoms with Gasteiger partial charge in [-0.3, -0.25) is 0 Å². The molecule has 68 valence electrons. The fourth-order valence-corrected chi connectivity index (χ4v) is 1.01. The molecule has 0 heterocycles. The van der Waals surface area contributed by atoms with Crippen LogP contribution in [-0.2, 0) is 11.3 Å². The van der Waals surface area contributed by atoms with Crippen molar-refractivity contribution < 1.29 is 9.90 Å². The zero-order chi connectivity index (χ0) is 9.84. The third-order valence-corrected chi connectivity index (χ3v) is 1.77. The van der Waals surface area contributed by atoms with E-state index in [-0.39, 0.29) is 5.57 Å². The van der Waals surface area contributed by atoms with Gasteiger partial charge in [0.25, 0.3) is 0 Å². The van der Waals surface area contributed by atoms with Crippen LogP contribution in [0.3, 0.4) is 0 Å². The van der Waals surface area contributed by atoms with Crippen LogP contribution in [-0.4, -0.2) is 11.1 Å². The highest BCUT2D eigenvalue weighted by molar-refractivity contribution is 6.14. The van der Waals surface area contributed by atoms with Crippen LogP contribution in [0.2, 0.25) is 0 Å². The molecule has 1 rings (SSSR count). The van der Waals surface area contributed by atoms with Crippen LogP contribution < -0.4 is 5.73 Å². The van der Waals surface area contributed by atoms with Crippen LogP contribution in [0.1, 0.15) is 11.1 Å². The van der Waals surface area contributed by atoms with E-state index in [4.69, 9.17) is 10.8 Å². The number of nitrogens with two attached hydrogens (primary N) is 1. The summed E-state index contributed by atoms with van der Waals surface area (Å²) in [6.07, 6.45) is 0. The zero-order valence-corrected chi connectivity index (χ0v) is 7.16. The van der Waals surface area contributed by atoms with E-state index in [0.717, 1.165) is 5.56 Å². The summed E-state index contributed by atoms with van der Waals surface area (Å²) in [5, 5.41) is 8.67. The Hall–Kier alpha value is -1.61. The minimum atomic E-state index is -1.01. The Morgan fingerprint density at radius 1 is 1.54 bits per heavy atom. The smallest absolute Gasteiger partial charge is 0.335 e. The summed E-state index contributed by atoms with van der Waals surface area (Å²) in [6, 6.07) is 7.05. The summed E-state index contributed by atoms with van der Waals surface area (Å²) >= 11 is 0. The fraction of sp³-hybridized carbons (Fsp3) is 0.100. The van der Waals surface area contributed by atoms with Gasteiger partial charge in [0.15, 0.2) is 0 Å². The van der Waals surface area contributed by atoms with Gasteiger partial charge in [-0.1, -0.05) is 24.8 Å². The SMILES string of the molecule is C=C(C(=O)O)c1cccc(CN)c1. The van der Waals surface area contributed by atoms with Crippen molar-refractivity contribution in [1.29, 1.82) is 0 Å². The van der Waals surface area contributed by atoms with Crippen molar-refractivity contribution >= 4 is 11.5 Å². The normalized spacial score (nSPS) is 9.62. The number of benzene rings is 1. The molecule has 0 aliphatic rings. The van der Waals surface area contributed by atoms with E-state index in [1.165, 1.54) is 0 Å². The first-order valence-electron chi connectivity index (χ1n) is 3.86. The molecular weight excluding hydrogens is 166 g/mol. The second kappa shape index (κ2) is 3.87. The van der Waals surface area contributed by atoms with Gasteiger partial charge in [-0.25, -0.2) is 4.79 Å². The summed E-state index contributed by atoms with van der Waals surface area (Å²) in [5.41, 5.74) is 7.02. The van der Waals surface area contributed by atoms with Gasteiger partial charge in [0.05, 0.1) is 5.57 Å². The molecule has 1 aromatic rings. The summed E-state index contributed by atoms with van der Waals surface area (Å²) in [6.45, 7) is 3.86.